The van der Waals surface area contributed by atoms with E-state index in [-0.39, 0.29) is 48.8 Å². The van der Waals surface area contributed by atoms with Crippen LogP contribution in [0.3, 0.4) is 0 Å². The van der Waals surface area contributed by atoms with E-state index in [4.69, 9.17) is 0 Å². The van der Waals surface area contributed by atoms with Crippen molar-refractivity contribution in [3.63, 3.8) is 0 Å². The third-order valence-corrected chi connectivity index (χ3v) is 6.79. The van der Waals surface area contributed by atoms with Gasteiger partial charge in [0.2, 0.25) is 18.1 Å². The molecule has 216 valence electrons. The Morgan fingerprint density at radius 2 is 1.79 bits per heavy atom. The molecule has 0 atom stereocenters. The third-order valence-electron chi connectivity index (χ3n) is 5.88. The molecule has 4 heterocycles. The molecular formula is C28H26F2N8O3S. The van der Waals surface area contributed by atoms with E-state index in [1.807, 2.05) is 26.0 Å². The van der Waals surface area contributed by atoms with E-state index >= 15 is 0 Å². The maximum Gasteiger partial charge on any atom is 0.287 e. The zero-order valence-electron chi connectivity index (χ0n) is 22.6. The summed E-state index contributed by atoms with van der Waals surface area (Å²) in [6.45, 7) is 4.00. The molecule has 1 aliphatic heterocycles. The van der Waals surface area contributed by atoms with Crippen molar-refractivity contribution in [1.29, 1.82) is 0 Å². The Morgan fingerprint density at radius 1 is 1.07 bits per heavy atom. The third kappa shape index (κ3) is 7.75. The van der Waals surface area contributed by atoms with Gasteiger partial charge in [-0.25, -0.2) is 23.7 Å². The lowest BCUT2D eigenvalue weighted by Crippen LogP contribution is -2.37. The Morgan fingerprint density at radius 3 is 2.45 bits per heavy atom. The van der Waals surface area contributed by atoms with Gasteiger partial charge in [0.15, 0.2) is 11.6 Å². The van der Waals surface area contributed by atoms with Crippen LogP contribution in [0.4, 0.5) is 14.6 Å². The van der Waals surface area contributed by atoms with E-state index in [0.29, 0.717) is 12.1 Å². The molecule has 0 bridgehead atoms. The molecule has 14 heteroatoms. The fourth-order valence-corrected chi connectivity index (χ4v) is 4.56. The number of halogens is 2. The summed E-state index contributed by atoms with van der Waals surface area (Å²) in [5.41, 5.74) is 2.75. The van der Waals surface area contributed by atoms with Crippen molar-refractivity contribution in [3.05, 3.63) is 101 Å². The number of carbonyl (C=O) groups is 3. The number of hydrogen-bond acceptors (Lipinski definition) is 8. The molecule has 2 aromatic carbocycles. The quantitative estimate of drug-likeness (QED) is 0.264. The number of rotatable bonds is 5. The number of carbonyl (C=O) groups excluding carboxylic acids is 3. The topological polar surface area (TPSA) is 144 Å². The Balaban J connectivity index is 0.000000182. The van der Waals surface area contributed by atoms with Crippen LogP contribution in [0.15, 0.2) is 60.9 Å². The minimum absolute atomic E-state index is 0.0219. The number of nitrogens with one attached hydrogen (secondary N) is 3. The fraction of sp³-hybridized carbons (Fsp3) is 0.179. The lowest BCUT2D eigenvalue weighted by Gasteiger charge is -2.17. The largest absolute Gasteiger partial charge is 0.349 e. The van der Waals surface area contributed by atoms with Crippen LogP contribution in [-0.2, 0) is 29.2 Å². The average molecular weight is 593 g/mol. The first-order valence-electron chi connectivity index (χ1n) is 12.6. The molecule has 0 saturated carbocycles. The van der Waals surface area contributed by atoms with E-state index in [1.165, 1.54) is 26.8 Å². The molecule has 42 heavy (non-hydrogen) atoms. The smallest absolute Gasteiger partial charge is 0.287 e. The van der Waals surface area contributed by atoms with Gasteiger partial charge in [0.05, 0.1) is 41.6 Å². The zero-order valence-corrected chi connectivity index (χ0v) is 23.4. The summed E-state index contributed by atoms with van der Waals surface area (Å²) in [5.74, 6) is -1.19. The first kappa shape index (κ1) is 29.9. The molecule has 3 N–H and O–H groups in total. The molecule has 0 fully saturated rings. The summed E-state index contributed by atoms with van der Waals surface area (Å²) in [5, 5.41) is 8.83. The summed E-state index contributed by atoms with van der Waals surface area (Å²) >= 11 is 1.56. The van der Waals surface area contributed by atoms with Gasteiger partial charge >= 0.3 is 0 Å². The van der Waals surface area contributed by atoms with Crippen LogP contribution in [0.1, 0.15) is 33.4 Å². The van der Waals surface area contributed by atoms with E-state index in [1.54, 1.807) is 23.7 Å². The van der Waals surface area contributed by atoms with Gasteiger partial charge in [0, 0.05) is 5.39 Å². The molecule has 6 rings (SSSR count). The van der Waals surface area contributed by atoms with Crippen molar-refractivity contribution in [1.82, 2.24) is 34.5 Å². The predicted octanol–water partition coefficient (Wildman–Crippen LogP) is 3.68. The van der Waals surface area contributed by atoms with Gasteiger partial charge in [-0.15, -0.1) is 0 Å². The van der Waals surface area contributed by atoms with Crippen LogP contribution in [-0.4, -0.2) is 42.1 Å². The summed E-state index contributed by atoms with van der Waals surface area (Å²) in [4.78, 5) is 46.0. The predicted molar refractivity (Wildman–Crippen MR) is 152 cm³/mol. The SMILES string of the molecule is Cc1ccc(F)cc1.Cc1nsc2ccccc12.O=CNc1nc(C(=O)NCc2ncc(F)cn2)n2c1CNC(=O)C2. The normalized spacial score (nSPS) is 11.7. The van der Waals surface area contributed by atoms with Gasteiger partial charge in [-0.2, -0.15) is 4.37 Å². The lowest BCUT2D eigenvalue weighted by atomic mass is 10.2. The van der Waals surface area contributed by atoms with Crippen molar-refractivity contribution in [3.8, 4) is 0 Å². The van der Waals surface area contributed by atoms with Gasteiger partial charge in [0.1, 0.15) is 18.2 Å². The van der Waals surface area contributed by atoms with E-state index < -0.39 is 11.7 Å². The number of aryl methyl sites for hydroxylation is 2. The number of fused-ring (bicyclic) bond motifs is 2. The summed E-state index contributed by atoms with van der Waals surface area (Å²) in [6.07, 6.45) is 2.41. The van der Waals surface area contributed by atoms with Crippen molar-refractivity contribution in [2.24, 2.45) is 0 Å². The molecule has 0 unspecified atom stereocenters. The zero-order chi connectivity index (χ0) is 30.1. The van der Waals surface area contributed by atoms with Crippen LogP contribution < -0.4 is 16.0 Å². The molecule has 11 nitrogen and oxygen atoms in total. The monoisotopic (exact) mass is 592 g/mol. The van der Waals surface area contributed by atoms with Gasteiger partial charge in [-0.1, -0.05) is 35.9 Å². The Bertz CT molecular complexity index is 1670. The molecule has 3 aromatic heterocycles. The first-order valence-corrected chi connectivity index (χ1v) is 13.4. The second-order valence-corrected chi connectivity index (χ2v) is 9.72. The van der Waals surface area contributed by atoms with Crippen molar-refractivity contribution < 1.29 is 23.2 Å². The highest BCUT2D eigenvalue weighted by Crippen LogP contribution is 2.21. The first-order chi connectivity index (χ1) is 20.2. The highest BCUT2D eigenvalue weighted by Gasteiger charge is 2.26. The maximum atomic E-state index is 12.8. The van der Waals surface area contributed by atoms with Gasteiger partial charge in [-0.05, 0) is 43.6 Å². The van der Waals surface area contributed by atoms with E-state index in [2.05, 4.69) is 47.4 Å². The number of aromatic nitrogens is 5. The van der Waals surface area contributed by atoms with Crippen LogP contribution in [0.2, 0.25) is 0 Å². The minimum atomic E-state index is -0.581. The van der Waals surface area contributed by atoms with Gasteiger partial charge in [-0.3, -0.25) is 14.4 Å². The summed E-state index contributed by atoms with van der Waals surface area (Å²) < 4.78 is 31.8. The molecule has 0 spiro atoms. The molecule has 0 aliphatic carbocycles. The fourth-order valence-electron chi connectivity index (χ4n) is 3.78. The van der Waals surface area contributed by atoms with Crippen molar-refractivity contribution in [2.45, 2.75) is 33.5 Å². The van der Waals surface area contributed by atoms with Crippen molar-refractivity contribution >= 4 is 45.7 Å². The highest BCUT2D eigenvalue weighted by molar-refractivity contribution is 7.13. The summed E-state index contributed by atoms with van der Waals surface area (Å²) in [7, 11) is 0. The molecule has 0 saturated heterocycles. The van der Waals surface area contributed by atoms with E-state index in [0.717, 1.165) is 23.7 Å². The number of hydrogen-bond donors (Lipinski definition) is 3. The maximum absolute atomic E-state index is 12.8. The second kappa shape index (κ2) is 14.0. The Labute approximate surface area is 243 Å². The molecular weight excluding hydrogens is 566 g/mol. The summed E-state index contributed by atoms with van der Waals surface area (Å²) in [6, 6.07) is 14.7. The Kier molecular flexibility index (Phi) is 9.94. The number of nitrogens with zero attached hydrogens (tertiary/aromatic N) is 5. The van der Waals surface area contributed by atoms with Crippen molar-refractivity contribution in [2.75, 3.05) is 5.32 Å². The molecule has 5 aromatic rings. The molecule has 0 radical (unpaired) electrons. The number of amides is 3. The van der Waals surface area contributed by atoms with Crippen LogP contribution in [0.25, 0.3) is 10.1 Å². The minimum Gasteiger partial charge on any atom is -0.349 e. The average Bonchev–Trinajstić information content (AvgIpc) is 3.55. The van der Waals surface area contributed by atoms with Crippen LogP contribution in [0.5, 0.6) is 0 Å². The van der Waals surface area contributed by atoms with Crippen LogP contribution >= 0.6 is 11.5 Å². The second-order valence-electron chi connectivity index (χ2n) is 8.92. The number of anilines is 1. The van der Waals surface area contributed by atoms with Gasteiger partial charge < -0.3 is 20.5 Å². The molecule has 3 amide bonds. The molecule has 1 aliphatic rings. The highest BCUT2D eigenvalue weighted by atomic mass is 32.1. The Hall–Kier alpha value is -5.11. The van der Waals surface area contributed by atoms with Crippen LogP contribution in [0, 0.1) is 25.5 Å². The number of benzene rings is 2. The lowest BCUT2D eigenvalue weighted by molar-refractivity contribution is -0.122. The van der Waals surface area contributed by atoms with Gasteiger partial charge in [0.25, 0.3) is 5.91 Å². The van der Waals surface area contributed by atoms with E-state index in [9.17, 15) is 23.2 Å². The number of imidazole rings is 1. The standard InChI is InChI=1S/C13H12FN7O3.C8H7NS.C7H7F/c14-7-1-15-9(16-2-7)4-18-13(24)12-20-11(19-6-22)8-3-17-10(23)5-21(8)12;1-6-7-4-2-3-5-8(7)10-9-6;1-6-2-4-7(8)5-3-6/h1-2,6H,3-5H2,(H,17,23)(H,18,24)(H,19,22);2-5H,1H3;2-5H,1H3.